The molecule has 3 aromatic carbocycles. The fourth-order valence-corrected chi connectivity index (χ4v) is 6.42. The van der Waals surface area contributed by atoms with Gasteiger partial charge in [-0.25, -0.2) is 14.5 Å². The lowest BCUT2D eigenvalue weighted by molar-refractivity contribution is -0.274. The highest BCUT2D eigenvalue weighted by Gasteiger charge is 2.33. The summed E-state index contributed by atoms with van der Waals surface area (Å²) in [7, 11) is -0.506. The Hall–Kier alpha value is -4.13. The van der Waals surface area contributed by atoms with Gasteiger partial charge in [-0.15, -0.1) is 18.3 Å². The molecule has 2 heterocycles. The van der Waals surface area contributed by atoms with Gasteiger partial charge in [0.15, 0.2) is 5.17 Å². The van der Waals surface area contributed by atoms with Crippen LogP contribution in [0.4, 0.5) is 35.3 Å². The number of hydrogen-bond donors (Lipinski definition) is 2. The van der Waals surface area contributed by atoms with E-state index >= 15 is 0 Å². The van der Waals surface area contributed by atoms with Crippen LogP contribution in [0.25, 0.3) is 5.69 Å². The summed E-state index contributed by atoms with van der Waals surface area (Å²) in [4.78, 5) is 35.6. The maximum Gasteiger partial charge on any atom is 0.573 e. The number of aryl methyl sites for hydroxylation is 1. The molecule has 16 heteroatoms. The number of rotatable bonds is 8. The molecule has 45 heavy (non-hydrogen) atoms. The summed E-state index contributed by atoms with van der Waals surface area (Å²) < 4.78 is 42.4. The van der Waals surface area contributed by atoms with Crippen LogP contribution in [0.2, 0.25) is 5.02 Å². The molecule has 0 spiro atoms. The normalized spacial score (nSPS) is 14.4. The van der Waals surface area contributed by atoms with E-state index in [2.05, 4.69) is 43.8 Å². The number of nitrogens with one attached hydrogen (secondary N) is 2. The summed E-state index contributed by atoms with van der Waals surface area (Å²) >= 11 is 7.68. The second-order valence-corrected chi connectivity index (χ2v) is 13.6. The van der Waals surface area contributed by atoms with Crippen molar-refractivity contribution in [2.24, 2.45) is 4.99 Å². The average Bonchev–Trinajstić information content (AvgIpc) is 3.58. The Kier molecular flexibility index (Phi) is 9.66. The summed E-state index contributed by atoms with van der Waals surface area (Å²) in [5, 5.41) is 11.7. The van der Waals surface area contributed by atoms with Crippen molar-refractivity contribution in [3.8, 4) is 11.4 Å². The molecule has 0 aliphatic carbocycles. The summed E-state index contributed by atoms with van der Waals surface area (Å²) in [5.74, 6) is -0.0280. The molecule has 5 rings (SSSR count). The average molecular weight is 676 g/mol. The third-order valence-corrected chi connectivity index (χ3v) is 9.00. The van der Waals surface area contributed by atoms with E-state index in [4.69, 9.17) is 11.6 Å². The minimum atomic E-state index is -4.77. The summed E-state index contributed by atoms with van der Waals surface area (Å²) in [6, 6.07) is 15.5. The topological polar surface area (TPSA) is 114 Å². The number of carbonyl (C=O) groups excluding carboxylic acids is 2. The lowest BCUT2D eigenvalue weighted by Gasteiger charge is -2.22. The van der Waals surface area contributed by atoms with Crippen molar-refractivity contribution in [2.45, 2.75) is 19.8 Å². The number of ether oxygens (including phenoxy) is 1. The fourth-order valence-electron chi connectivity index (χ4n) is 4.32. The number of aromatic nitrogens is 3. The number of amides is 3. The third kappa shape index (κ3) is 8.13. The molecule has 2 N–H and O–H groups in total. The zero-order valence-corrected chi connectivity index (χ0v) is 26.6. The largest absolute Gasteiger partial charge is 0.573 e. The van der Waals surface area contributed by atoms with Gasteiger partial charge in [0, 0.05) is 17.3 Å². The van der Waals surface area contributed by atoms with E-state index in [1.165, 1.54) is 51.9 Å². The Morgan fingerprint density at radius 1 is 1.13 bits per heavy atom. The molecule has 0 saturated carbocycles. The first-order valence-corrected chi connectivity index (χ1v) is 16.9. The molecule has 10 nitrogen and oxygen atoms in total. The van der Waals surface area contributed by atoms with Gasteiger partial charge in [0.2, 0.25) is 11.9 Å². The lowest BCUT2D eigenvalue weighted by atomic mass is 10.2. The van der Waals surface area contributed by atoms with Gasteiger partial charge in [-0.1, -0.05) is 49.5 Å². The minimum absolute atomic E-state index is 0.136. The number of aliphatic imine (C=N–C) groups is 1. The molecule has 0 unspecified atom stereocenters. The van der Waals surface area contributed by atoms with Crippen molar-refractivity contribution >= 4 is 71.0 Å². The van der Waals surface area contributed by atoms with E-state index in [-0.39, 0.29) is 29.9 Å². The standard InChI is InChI=1S/C29H26ClF3N7O3PS/c1-17-4-11-24(44(2)3)23(12-17)40-25(41)15-45-28(40)37-27(42)36-19-6-5-18(22(30)13-19)14-34-26-35-16-39(38-26)20-7-9-21(10-8-20)43-29(31,32)33/h4-13,16H,14-15H2,1-3H3,(H,34,38)(H,36,42). The number of thioether (sulfide) groups is 1. The predicted molar refractivity (Wildman–Crippen MR) is 173 cm³/mol. The Morgan fingerprint density at radius 2 is 1.89 bits per heavy atom. The van der Waals surface area contributed by atoms with Crippen molar-refractivity contribution in [1.82, 2.24) is 14.8 Å². The van der Waals surface area contributed by atoms with E-state index in [1.807, 2.05) is 25.1 Å². The molecule has 1 aliphatic rings. The van der Waals surface area contributed by atoms with Gasteiger partial charge in [0.05, 0.1) is 17.1 Å². The molecule has 1 fully saturated rings. The van der Waals surface area contributed by atoms with Gasteiger partial charge >= 0.3 is 12.4 Å². The zero-order valence-electron chi connectivity index (χ0n) is 24.1. The Morgan fingerprint density at radius 3 is 2.58 bits per heavy atom. The first-order valence-electron chi connectivity index (χ1n) is 13.3. The molecule has 1 saturated heterocycles. The second-order valence-electron chi connectivity index (χ2n) is 9.94. The number of urea groups is 1. The number of carbonyl (C=O) groups is 2. The molecule has 234 valence electrons. The Labute approximate surface area is 266 Å². The summed E-state index contributed by atoms with van der Waals surface area (Å²) in [6.45, 7) is 6.42. The Bertz CT molecular complexity index is 1770. The maximum absolute atomic E-state index is 12.9. The number of amidine groups is 1. The van der Waals surface area contributed by atoms with Crippen LogP contribution in [0.5, 0.6) is 5.75 Å². The van der Waals surface area contributed by atoms with Crippen LogP contribution >= 0.6 is 31.3 Å². The summed E-state index contributed by atoms with van der Waals surface area (Å²) in [6.07, 6.45) is -3.37. The molecular weight excluding hydrogens is 650 g/mol. The van der Waals surface area contributed by atoms with E-state index in [0.29, 0.717) is 27.1 Å². The smallest absolute Gasteiger partial charge is 0.406 e. The molecule has 4 aromatic rings. The van der Waals surface area contributed by atoms with Crippen LogP contribution in [-0.4, -0.2) is 57.3 Å². The second kappa shape index (κ2) is 13.5. The quantitative estimate of drug-likeness (QED) is 0.198. The third-order valence-electron chi connectivity index (χ3n) is 6.38. The van der Waals surface area contributed by atoms with Crippen LogP contribution < -0.4 is 25.6 Å². The lowest BCUT2D eigenvalue weighted by Crippen LogP contribution is -2.33. The van der Waals surface area contributed by atoms with Gasteiger partial charge < -0.3 is 15.4 Å². The first-order chi connectivity index (χ1) is 21.4. The van der Waals surface area contributed by atoms with Crippen molar-refractivity contribution in [1.29, 1.82) is 0 Å². The van der Waals surface area contributed by atoms with E-state index in [9.17, 15) is 22.8 Å². The number of benzene rings is 3. The highest BCUT2D eigenvalue weighted by atomic mass is 35.5. The molecule has 0 bridgehead atoms. The highest BCUT2D eigenvalue weighted by molar-refractivity contribution is 8.15. The minimum Gasteiger partial charge on any atom is -0.406 e. The van der Waals surface area contributed by atoms with Gasteiger partial charge in [-0.2, -0.15) is 4.99 Å². The SMILES string of the molecule is Cc1ccc(P(C)C)c(N2C(=O)CSC2=NC(=O)Nc2ccc(CNc3ncn(-c4ccc(OC(F)(F)F)cc4)n3)c(Cl)c2)c1. The maximum atomic E-state index is 12.9. The highest BCUT2D eigenvalue weighted by Crippen LogP contribution is 2.34. The molecule has 0 radical (unpaired) electrons. The van der Waals surface area contributed by atoms with Crippen molar-refractivity contribution in [3.63, 3.8) is 0 Å². The number of anilines is 3. The molecule has 1 aromatic heterocycles. The van der Waals surface area contributed by atoms with Crippen molar-refractivity contribution in [2.75, 3.05) is 34.6 Å². The van der Waals surface area contributed by atoms with E-state index in [0.717, 1.165) is 16.6 Å². The van der Waals surface area contributed by atoms with Crippen molar-refractivity contribution in [3.05, 3.63) is 83.1 Å². The van der Waals surface area contributed by atoms with E-state index in [1.54, 1.807) is 18.2 Å². The molecule has 3 amide bonds. The number of nitrogens with zero attached hydrogens (tertiary/aromatic N) is 5. The van der Waals surface area contributed by atoms with Gasteiger partial charge in [0.25, 0.3) is 0 Å². The van der Waals surface area contributed by atoms with Gasteiger partial charge in [-0.3, -0.25) is 9.69 Å². The molecule has 0 atom stereocenters. The van der Waals surface area contributed by atoms with Crippen molar-refractivity contribution < 1.29 is 27.5 Å². The predicted octanol–water partition coefficient (Wildman–Crippen LogP) is 6.77. The zero-order chi connectivity index (χ0) is 32.3. The number of alkyl halides is 3. The van der Waals surface area contributed by atoms with Gasteiger partial charge in [0.1, 0.15) is 12.1 Å². The van der Waals surface area contributed by atoms with Crippen LogP contribution in [-0.2, 0) is 11.3 Å². The number of hydrogen-bond acceptors (Lipinski definition) is 7. The van der Waals surface area contributed by atoms with E-state index < -0.39 is 20.3 Å². The first kappa shape index (κ1) is 32.3. The van der Waals surface area contributed by atoms with Crippen LogP contribution in [0.3, 0.4) is 0 Å². The van der Waals surface area contributed by atoms with Gasteiger partial charge in [-0.05, 0) is 79.1 Å². The molecular formula is C29H26ClF3N7O3PS. The summed E-state index contributed by atoms with van der Waals surface area (Å²) in [5.41, 5.74) is 3.34. The Balaban J connectivity index is 1.21. The number of halogens is 4. The fraction of sp³-hybridized carbons (Fsp3) is 0.207. The van der Waals surface area contributed by atoms with Crippen LogP contribution in [0, 0.1) is 6.92 Å². The monoisotopic (exact) mass is 675 g/mol. The van der Waals surface area contributed by atoms with Crippen LogP contribution in [0.15, 0.2) is 72.0 Å². The van der Waals surface area contributed by atoms with Crippen LogP contribution in [0.1, 0.15) is 11.1 Å². The molecule has 1 aliphatic heterocycles.